The van der Waals surface area contributed by atoms with Crippen LogP contribution in [-0.4, -0.2) is 51.1 Å². The molecule has 0 bridgehead atoms. The average Bonchev–Trinajstić information content (AvgIpc) is 3.19. The number of fused-ring (bicyclic) bond motifs is 1. The molecular weight excluding hydrogens is 419 g/mol. The third-order valence-electron chi connectivity index (χ3n) is 6.09. The Morgan fingerprint density at radius 3 is 2.52 bits per heavy atom. The quantitative estimate of drug-likeness (QED) is 0.521. The topological polar surface area (TPSA) is 68.0 Å². The SMILES string of the molecule is Cc1ccccc1-n1nc(-c2c(-c3ccc(F)cc3)nn3c2NCC(N(C)C)C3)ccc1=O. The van der Waals surface area contributed by atoms with Crippen LogP contribution in [0.25, 0.3) is 28.2 Å². The molecule has 3 heterocycles. The Labute approximate surface area is 191 Å². The molecule has 0 saturated heterocycles. The van der Waals surface area contributed by atoms with Crippen molar-refractivity contribution in [3.05, 3.63) is 82.4 Å². The lowest BCUT2D eigenvalue weighted by atomic mass is 10.0. The maximum Gasteiger partial charge on any atom is 0.271 e. The molecule has 5 rings (SSSR count). The summed E-state index contributed by atoms with van der Waals surface area (Å²) in [4.78, 5) is 14.9. The molecule has 8 heteroatoms. The lowest BCUT2D eigenvalue weighted by Crippen LogP contribution is -2.42. The number of nitrogens with zero attached hydrogens (tertiary/aromatic N) is 5. The number of halogens is 1. The van der Waals surface area contributed by atoms with E-state index in [4.69, 9.17) is 10.2 Å². The van der Waals surface area contributed by atoms with Crippen molar-refractivity contribution >= 4 is 5.82 Å². The van der Waals surface area contributed by atoms with E-state index in [-0.39, 0.29) is 17.4 Å². The minimum atomic E-state index is -0.304. The minimum Gasteiger partial charge on any atom is -0.368 e. The summed E-state index contributed by atoms with van der Waals surface area (Å²) in [6, 6.07) is 17.5. The largest absolute Gasteiger partial charge is 0.368 e. The smallest absolute Gasteiger partial charge is 0.271 e. The van der Waals surface area contributed by atoms with Gasteiger partial charge in [0.15, 0.2) is 0 Å². The molecular formula is C25H25FN6O. The molecule has 0 aliphatic carbocycles. The molecule has 0 radical (unpaired) electrons. The van der Waals surface area contributed by atoms with Crippen molar-refractivity contribution in [3.63, 3.8) is 0 Å². The van der Waals surface area contributed by atoms with Gasteiger partial charge in [-0.1, -0.05) is 18.2 Å². The van der Waals surface area contributed by atoms with Gasteiger partial charge in [0.2, 0.25) is 0 Å². The fourth-order valence-corrected chi connectivity index (χ4v) is 4.17. The summed E-state index contributed by atoms with van der Waals surface area (Å²) < 4.78 is 17.0. The minimum absolute atomic E-state index is 0.210. The molecule has 168 valence electrons. The fourth-order valence-electron chi connectivity index (χ4n) is 4.17. The summed E-state index contributed by atoms with van der Waals surface area (Å²) in [7, 11) is 4.09. The molecule has 1 aliphatic rings. The van der Waals surface area contributed by atoms with Crippen LogP contribution in [0.5, 0.6) is 0 Å². The number of anilines is 1. The van der Waals surface area contributed by atoms with Crippen LogP contribution in [0.15, 0.2) is 65.5 Å². The molecule has 7 nitrogen and oxygen atoms in total. The van der Waals surface area contributed by atoms with Crippen LogP contribution in [0.1, 0.15) is 5.56 Å². The van der Waals surface area contributed by atoms with E-state index in [2.05, 4.69) is 10.2 Å². The number of hydrogen-bond donors (Lipinski definition) is 1. The Hall–Kier alpha value is -3.78. The molecule has 0 spiro atoms. The van der Waals surface area contributed by atoms with Crippen molar-refractivity contribution < 1.29 is 4.39 Å². The second-order valence-electron chi connectivity index (χ2n) is 8.51. The molecule has 0 amide bonds. The molecule has 1 aliphatic heterocycles. The zero-order valence-corrected chi connectivity index (χ0v) is 18.8. The molecule has 2 aromatic carbocycles. The number of aromatic nitrogens is 4. The first-order valence-electron chi connectivity index (χ1n) is 10.9. The zero-order valence-electron chi connectivity index (χ0n) is 18.8. The molecule has 4 aromatic rings. The van der Waals surface area contributed by atoms with Gasteiger partial charge in [0, 0.05) is 24.2 Å². The van der Waals surface area contributed by atoms with Crippen molar-refractivity contribution in [2.45, 2.75) is 19.5 Å². The first-order chi connectivity index (χ1) is 15.9. The van der Waals surface area contributed by atoms with Gasteiger partial charge in [-0.3, -0.25) is 4.79 Å². The predicted octanol–water partition coefficient (Wildman–Crippen LogP) is 3.57. The summed E-state index contributed by atoms with van der Waals surface area (Å²) in [5.41, 5.74) is 4.36. The molecule has 0 fully saturated rings. The first kappa shape index (κ1) is 21.1. The third-order valence-corrected chi connectivity index (χ3v) is 6.09. The van der Waals surface area contributed by atoms with Gasteiger partial charge in [-0.05, 0) is 63.0 Å². The van der Waals surface area contributed by atoms with Crippen molar-refractivity contribution in [3.8, 4) is 28.2 Å². The van der Waals surface area contributed by atoms with Gasteiger partial charge >= 0.3 is 0 Å². The van der Waals surface area contributed by atoms with Gasteiger partial charge in [-0.2, -0.15) is 14.9 Å². The van der Waals surface area contributed by atoms with E-state index in [1.807, 2.05) is 50.0 Å². The van der Waals surface area contributed by atoms with E-state index in [9.17, 15) is 9.18 Å². The van der Waals surface area contributed by atoms with E-state index in [0.29, 0.717) is 17.9 Å². The normalized spacial score (nSPS) is 15.4. The Morgan fingerprint density at radius 2 is 1.79 bits per heavy atom. The van der Waals surface area contributed by atoms with Crippen LogP contribution in [0.3, 0.4) is 0 Å². The van der Waals surface area contributed by atoms with E-state index >= 15 is 0 Å². The fraction of sp³-hybridized carbons (Fsp3) is 0.240. The van der Waals surface area contributed by atoms with Gasteiger partial charge in [0.05, 0.1) is 23.5 Å². The summed E-state index contributed by atoms with van der Waals surface area (Å²) in [6.45, 7) is 3.41. The van der Waals surface area contributed by atoms with Crippen LogP contribution in [-0.2, 0) is 6.54 Å². The number of nitrogens with one attached hydrogen (secondary N) is 1. The van der Waals surface area contributed by atoms with Crippen LogP contribution in [0.2, 0.25) is 0 Å². The summed E-state index contributed by atoms with van der Waals surface area (Å²) in [5, 5.41) is 13.1. The highest BCUT2D eigenvalue weighted by Crippen LogP contribution is 2.38. The lowest BCUT2D eigenvalue weighted by Gasteiger charge is -2.30. The van der Waals surface area contributed by atoms with Gasteiger partial charge < -0.3 is 10.2 Å². The molecule has 0 saturated carbocycles. The molecule has 1 unspecified atom stereocenters. The van der Waals surface area contributed by atoms with Crippen LogP contribution >= 0.6 is 0 Å². The molecule has 33 heavy (non-hydrogen) atoms. The Morgan fingerprint density at radius 1 is 1.03 bits per heavy atom. The highest BCUT2D eigenvalue weighted by atomic mass is 19.1. The van der Waals surface area contributed by atoms with Gasteiger partial charge in [0.25, 0.3) is 5.56 Å². The predicted molar refractivity (Wildman–Crippen MR) is 127 cm³/mol. The second-order valence-corrected chi connectivity index (χ2v) is 8.51. The van der Waals surface area contributed by atoms with Crippen molar-refractivity contribution in [1.29, 1.82) is 0 Å². The first-order valence-corrected chi connectivity index (χ1v) is 10.9. The highest BCUT2D eigenvalue weighted by Gasteiger charge is 2.28. The second kappa shape index (κ2) is 8.29. The molecule has 1 atom stereocenters. The Kier molecular flexibility index (Phi) is 5.30. The van der Waals surface area contributed by atoms with Crippen molar-refractivity contribution in [2.24, 2.45) is 0 Å². The van der Waals surface area contributed by atoms with E-state index < -0.39 is 0 Å². The van der Waals surface area contributed by atoms with Crippen LogP contribution < -0.4 is 10.9 Å². The summed E-state index contributed by atoms with van der Waals surface area (Å²) in [5.74, 6) is 0.538. The van der Waals surface area contributed by atoms with E-state index in [0.717, 1.165) is 34.7 Å². The number of likely N-dealkylation sites (N-methyl/N-ethyl adjacent to an activating group) is 1. The summed E-state index contributed by atoms with van der Waals surface area (Å²) in [6.07, 6.45) is 0. The maximum absolute atomic E-state index is 13.6. The third kappa shape index (κ3) is 3.82. The van der Waals surface area contributed by atoms with Gasteiger partial charge in [0.1, 0.15) is 17.3 Å². The van der Waals surface area contributed by atoms with E-state index in [1.54, 1.807) is 18.2 Å². The standard InChI is InChI=1S/C25H25FN6O/c1-16-6-4-5-7-21(16)32-22(33)13-12-20(28-32)23-24(17-8-10-18(26)11-9-17)29-31-15-19(30(2)3)14-27-25(23)31/h4-13,19,27H,14-15H2,1-3H3. The Bertz CT molecular complexity index is 1370. The number of rotatable bonds is 4. The lowest BCUT2D eigenvalue weighted by molar-refractivity contribution is 0.259. The molecule has 2 aromatic heterocycles. The molecule has 1 N–H and O–H groups in total. The maximum atomic E-state index is 13.6. The van der Waals surface area contributed by atoms with Crippen LogP contribution in [0.4, 0.5) is 10.2 Å². The summed E-state index contributed by atoms with van der Waals surface area (Å²) >= 11 is 0. The van der Waals surface area contributed by atoms with Gasteiger partial charge in [-0.15, -0.1) is 0 Å². The van der Waals surface area contributed by atoms with Crippen molar-refractivity contribution in [1.82, 2.24) is 24.5 Å². The number of hydrogen-bond acceptors (Lipinski definition) is 5. The zero-order chi connectivity index (χ0) is 23.1. The van der Waals surface area contributed by atoms with E-state index in [1.165, 1.54) is 22.9 Å². The van der Waals surface area contributed by atoms with Crippen molar-refractivity contribution in [2.75, 3.05) is 26.0 Å². The Balaban J connectivity index is 1.71. The average molecular weight is 445 g/mol. The number of para-hydroxylation sites is 1. The van der Waals surface area contributed by atoms with Crippen LogP contribution in [0, 0.1) is 12.7 Å². The van der Waals surface area contributed by atoms with Gasteiger partial charge in [-0.25, -0.2) is 9.07 Å². The highest BCUT2D eigenvalue weighted by molar-refractivity contribution is 5.87. The number of benzene rings is 2. The monoisotopic (exact) mass is 444 g/mol. The number of aryl methyl sites for hydroxylation is 1.